The Kier molecular flexibility index (Phi) is 6.10. The molecule has 0 aromatic heterocycles. The Morgan fingerprint density at radius 1 is 1.30 bits per heavy atom. The standard InChI is InChI=1S/C16H23NO3/c1-12(2)11-20-14-8-6-13(10-15(14)19-5)7-9-16(18)17(3)4/h6-10,12H,11H2,1-5H3/b9-7+. The Bertz CT molecular complexity index is 479. The number of likely N-dealkylation sites (N-methyl/N-ethyl adjacent to an activating group) is 1. The number of ether oxygens (including phenoxy) is 2. The second-order valence-corrected chi connectivity index (χ2v) is 5.18. The fourth-order valence-corrected chi connectivity index (χ4v) is 1.48. The number of amides is 1. The molecule has 0 radical (unpaired) electrons. The quantitative estimate of drug-likeness (QED) is 0.751. The molecule has 0 bridgehead atoms. The summed E-state index contributed by atoms with van der Waals surface area (Å²) < 4.78 is 11.0. The van der Waals surface area contributed by atoms with Gasteiger partial charge in [0, 0.05) is 20.2 Å². The number of nitrogens with zero attached hydrogens (tertiary/aromatic N) is 1. The van der Waals surface area contributed by atoms with Crippen LogP contribution in [0.1, 0.15) is 19.4 Å². The van der Waals surface area contributed by atoms with Gasteiger partial charge in [0.25, 0.3) is 0 Å². The summed E-state index contributed by atoms with van der Waals surface area (Å²) in [6, 6.07) is 5.62. The average molecular weight is 277 g/mol. The Labute approximate surface area is 121 Å². The van der Waals surface area contributed by atoms with E-state index in [1.807, 2.05) is 18.2 Å². The summed E-state index contributed by atoms with van der Waals surface area (Å²) >= 11 is 0. The van der Waals surface area contributed by atoms with Crippen LogP contribution in [0.25, 0.3) is 6.08 Å². The van der Waals surface area contributed by atoms with E-state index in [2.05, 4.69) is 13.8 Å². The molecule has 1 aromatic rings. The summed E-state index contributed by atoms with van der Waals surface area (Å²) in [7, 11) is 5.04. The maximum absolute atomic E-state index is 11.5. The van der Waals surface area contributed by atoms with Gasteiger partial charge in [-0.2, -0.15) is 0 Å². The minimum atomic E-state index is -0.0518. The van der Waals surface area contributed by atoms with Gasteiger partial charge in [0.05, 0.1) is 13.7 Å². The Balaban J connectivity index is 2.84. The van der Waals surface area contributed by atoms with Crippen molar-refractivity contribution in [3.8, 4) is 11.5 Å². The van der Waals surface area contributed by atoms with Crippen molar-refractivity contribution in [1.29, 1.82) is 0 Å². The normalized spacial score (nSPS) is 10.9. The minimum Gasteiger partial charge on any atom is -0.493 e. The van der Waals surface area contributed by atoms with Crippen LogP contribution in [0, 0.1) is 5.92 Å². The molecule has 0 saturated heterocycles. The van der Waals surface area contributed by atoms with Crippen LogP contribution < -0.4 is 9.47 Å². The smallest absolute Gasteiger partial charge is 0.246 e. The second kappa shape index (κ2) is 7.58. The summed E-state index contributed by atoms with van der Waals surface area (Å²) in [5.41, 5.74) is 0.897. The van der Waals surface area contributed by atoms with E-state index in [1.54, 1.807) is 27.3 Å². The summed E-state index contributed by atoms with van der Waals surface area (Å²) in [6.45, 7) is 4.83. The van der Waals surface area contributed by atoms with Crippen molar-refractivity contribution < 1.29 is 14.3 Å². The van der Waals surface area contributed by atoms with E-state index in [0.29, 0.717) is 18.3 Å². The topological polar surface area (TPSA) is 38.8 Å². The van der Waals surface area contributed by atoms with Crippen LogP contribution in [-0.4, -0.2) is 38.6 Å². The molecule has 110 valence electrons. The van der Waals surface area contributed by atoms with Crippen molar-refractivity contribution in [1.82, 2.24) is 4.90 Å². The molecular weight excluding hydrogens is 254 g/mol. The Hall–Kier alpha value is -1.97. The number of carbonyl (C=O) groups is 1. The first-order valence-corrected chi connectivity index (χ1v) is 6.64. The first-order chi connectivity index (χ1) is 9.43. The third kappa shape index (κ3) is 4.96. The molecule has 0 aliphatic rings. The van der Waals surface area contributed by atoms with E-state index in [0.717, 1.165) is 11.3 Å². The highest BCUT2D eigenvalue weighted by Gasteiger charge is 2.06. The molecule has 4 nitrogen and oxygen atoms in total. The van der Waals surface area contributed by atoms with E-state index in [-0.39, 0.29) is 5.91 Å². The molecule has 0 unspecified atom stereocenters. The van der Waals surface area contributed by atoms with E-state index >= 15 is 0 Å². The van der Waals surface area contributed by atoms with Crippen LogP contribution in [-0.2, 0) is 4.79 Å². The largest absolute Gasteiger partial charge is 0.493 e. The van der Waals surface area contributed by atoms with Crippen LogP contribution in [0.15, 0.2) is 24.3 Å². The number of methoxy groups -OCH3 is 1. The Morgan fingerprint density at radius 3 is 2.55 bits per heavy atom. The number of hydrogen-bond donors (Lipinski definition) is 0. The van der Waals surface area contributed by atoms with E-state index < -0.39 is 0 Å². The van der Waals surface area contributed by atoms with Crippen molar-refractivity contribution in [2.45, 2.75) is 13.8 Å². The van der Waals surface area contributed by atoms with Gasteiger partial charge < -0.3 is 14.4 Å². The minimum absolute atomic E-state index is 0.0518. The highest BCUT2D eigenvalue weighted by atomic mass is 16.5. The van der Waals surface area contributed by atoms with Gasteiger partial charge in [0.2, 0.25) is 5.91 Å². The second-order valence-electron chi connectivity index (χ2n) is 5.18. The molecule has 0 saturated carbocycles. The third-order valence-electron chi connectivity index (χ3n) is 2.62. The monoisotopic (exact) mass is 277 g/mol. The van der Waals surface area contributed by atoms with Crippen LogP contribution in [0.5, 0.6) is 11.5 Å². The van der Waals surface area contributed by atoms with Crippen molar-refractivity contribution in [2.75, 3.05) is 27.8 Å². The van der Waals surface area contributed by atoms with Gasteiger partial charge in [-0.05, 0) is 29.7 Å². The first kappa shape index (κ1) is 16.1. The van der Waals surface area contributed by atoms with Gasteiger partial charge in [-0.15, -0.1) is 0 Å². The molecule has 0 aliphatic carbocycles. The lowest BCUT2D eigenvalue weighted by Crippen LogP contribution is -2.18. The maximum atomic E-state index is 11.5. The predicted octanol–water partition coefficient (Wildman–Crippen LogP) is 2.83. The molecule has 0 fully saturated rings. The highest BCUT2D eigenvalue weighted by molar-refractivity contribution is 5.91. The molecule has 4 heteroatoms. The number of carbonyl (C=O) groups excluding carboxylic acids is 1. The highest BCUT2D eigenvalue weighted by Crippen LogP contribution is 2.28. The lowest BCUT2D eigenvalue weighted by molar-refractivity contribution is -0.123. The third-order valence-corrected chi connectivity index (χ3v) is 2.62. The van der Waals surface area contributed by atoms with Gasteiger partial charge >= 0.3 is 0 Å². The fraction of sp³-hybridized carbons (Fsp3) is 0.438. The van der Waals surface area contributed by atoms with Crippen molar-refractivity contribution in [3.05, 3.63) is 29.8 Å². The van der Waals surface area contributed by atoms with E-state index in [1.165, 1.54) is 11.0 Å². The van der Waals surface area contributed by atoms with Crippen molar-refractivity contribution in [3.63, 3.8) is 0 Å². The zero-order valence-electron chi connectivity index (χ0n) is 12.8. The SMILES string of the molecule is COc1cc(/C=C/C(=O)N(C)C)ccc1OCC(C)C. The molecular formula is C16H23NO3. The lowest BCUT2D eigenvalue weighted by Gasteiger charge is -2.13. The lowest BCUT2D eigenvalue weighted by atomic mass is 10.2. The van der Waals surface area contributed by atoms with Crippen molar-refractivity contribution in [2.24, 2.45) is 5.92 Å². The summed E-state index contributed by atoms with van der Waals surface area (Å²) in [6.07, 6.45) is 3.29. The number of rotatable bonds is 6. The average Bonchev–Trinajstić information content (AvgIpc) is 2.42. The van der Waals surface area contributed by atoms with Crippen LogP contribution >= 0.6 is 0 Å². The molecule has 1 rings (SSSR count). The zero-order valence-corrected chi connectivity index (χ0v) is 12.8. The fourth-order valence-electron chi connectivity index (χ4n) is 1.48. The molecule has 1 aromatic carbocycles. The molecule has 0 N–H and O–H groups in total. The summed E-state index contributed by atoms with van der Waals surface area (Å²) in [5.74, 6) is 1.79. The van der Waals surface area contributed by atoms with Gasteiger partial charge in [-0.3, -0.25) is 4.79 Å². The van der Waals surface area contributed by atoms with E-state index in [4.69, 9.17) is 9.47 Å². The van der Waals surface area contributed by atoms with Crippen LogP contribution in [0.2, 0.25) is 0 Å². The van der Waals surface area contributed by atoms with E-state index in [9.17, 15) is 4.79 Å². The number of benzene rings is 1. The maximum Gasteiger partial charge on any atom is 0.246 e. The van der Waals surface area contributed by atoms with Crippen LogP contribution in [0.3, 0.4) is 0 Å². The molecule has 0 spiro atoms. The van der Waals surface area contributed by atoms with Crippen LogP contribution in [0.4, 0.5) is 0 Å². The zero-order chi connectivity index (χ0) is 15.1. The molecule has 1 amide bonds. The Morgan fingerprint density at radius 2 is 2.00 bits per heavy atom. The van der Waals surface area contributed by atoms with Gasteiger partial charge in [0.1, 0.15) is 0 Å². The summed E-state index contributed by atoms with van der Waals surface area (Å²) in [4.78, 5) is 13.0. The van der Waals surface area contributed by atoms with Gasteiger partial charge in [-0.25, -0.2) is 0 Å². The van der Waals surface area contributed by atoms with Crippen molar-refractivity contribution >= 4 is 12.0 Å². The predicted molar refractivity (Wildman–Crippen MR) is 81.1 cm³/mol. The summed E-state index contributed by atoms with van der Waals surface area (Å²) in [5, 5.41) is 0. The van der Waals surface area contributed by atoms with Gasteiger partial charge in [0.15, 0.2) is 11.5 Å². The molecule has 0 heterocycles. The molecule has 0 aliphatic heterocycles. The first-order valence-electron chi connectivity index (χ1n) is 6.64. The molecule has 20 heavy (non-hydrogen) atoms. The molecule has 0 atom stereocenters. The number of hydrogen-bond acceptors (Lipinski definition) is 3. The van der Waals surface area contributed by atoms with Gasteiger partial charge in [-0.1, -0.05) is 19.9 Å².